The van der Waals surface area contributed by atoms with E-state index in [1.807, 2.05) is 13.8 Å². The number of hydrogen-bond donors (Lipinski definition) is 2. The van der Waals surface area contributed by atoms with Gasteiger partial charge in [-0.25, -0.2) is 9.59 Å². The minimum atomic E-state index is -0.975. The standard InChI is InChI=1S/C14H26N2O4/c1-10(2)7-12(13(17)18)15-14(19)16-6-4-5-11(8-16)9-20-3/h10-12H,4-9H2,1-3H3,(H,15,19)(H,17,18). The van der Waals surface area contributed by atoms with Crippen LogP contribution in [-0.4, -0.2) is 54.9 Å². The normalized spacial score (nSPS) is 20.8. The van der Waals surface area contributed by atoms with E-state index in [9.17, 15) is 9.59 Å². The van der Waals surface area contributed by atoms with Crippen LogP contribution in [0.3, 0.4) is 0 Å². The van der Waals surface area contributed by atoms with E-state index in [-0.39, 0.29) is 11.9 Å². The summed E-state index contributed by atoms with van der Waals surface area (Å²) in [5, 5.41) is 11.8. The van der Waals surface area contributed by atoms with Crippen LogP contribution < -0.4 is 5.32 Å². The first kappa shape index (κ1) is 16.8. The van der Waals surface area contributed by atoms with Crippen LogP contribution in [-0.2, 0) is 9.53 Å². The molecule has 0 saturated carbocycles. The molecule has 1 saturated heterocycles. The maximum Gasteiger partial charge on any atom is 0.326 e. The lowest BCUT2D eigenvalue weighted by Gasteiger charge is -2.33. The predicted octanol–water partition coefficient (Wildman–Crippen LogP) is 1.55. The van der Waals surface area contributed by atoms with Gasteiger partial charge in [-0.05, 0) is 25.2 Å². The maximum absolute atomic E-state index is 12.2. The highest BCUT2D eigenvalue weighted by Gasteiger charge is 2.27. The molecule has 116 valence electrons. The van der Waals surface area contributed by atoms with Crippen LogP contribution in [0.1, 0.15) is 33.1 Å². The van der Waals surface area contributed by atoms with Crippen molar-refractivity contribution in [2.45, 2.75) is 39.2 Å². The van der Waals surface area contributed by atoms with E-state index < -0.39 is 12.0 Å². The molecule has 0 bridgehead atoms. The summed E-state index contributed by atoms with van der Waals surface area (Å²) in [5.74, 6) is -0.413. The van der Waals surface area contributed by atoms with Crippen LogP contribution in [0.4, 0.5) is 4.79 Å². The summed E-state index contributed by atoms with van der Waals surface area (Å²) in [6, 6.07) is -1.09. The first-order chi connectivity index (χ1) is 9.43. The van der Waals surface area contributed by atoms with Crippen LogP contribution in [0, 0.1) is 11.8 Å². The van der Waals surface area contributed by atoms with Crippen molar-refractivity contribution in [3.05, 3.63) is 0 Å². The first-order valence-corrected chi connectivity index (χ1v) is 7.21. The molecule has 0 aromatic rings. The summed E-state index contributed by atoms with van der Waals surface area (Å²) in [6.45, 7) is 5.83. The Labute approximate surface area is 120 Å². The van der Waals surface area contributed by atoms with Crippen LogP contribution in [0.2, 0.25) is 0 Å². The Morgan fingerprint density at radius 3 is 2.70 bits per heavy atom. The average Bonchev–Trinajstić information content (AvgIpc) is 2.38. The quantitative estimate of drug-likeness (QED) is 0.776. The molecule has 0 radical (unpaired) electrons. The Hall–Kier alpha value is -1.30. The third-order valence-electron chi connectivity index (χ3n) is 3.51. The molecule has 0 aliphatic carbocycles. The van der Waals surface area contributed by atoms with Gasteiger partial charge in [-0.15, -0.1) is 0 Å². The van der Waals surface area contributed by atoms with Gasteiger partial charge in [-0.1, -0.05) is 13.8 Å². The second-order valence-electron chi connectivity index (χ2n) is 5.88. The third kappa shape index (κ3) is 5.36. The highest BCUT2D eigenvalue weighted by atomic mass is 16.5. The zero-order valence-corrected chi connectivity index (χ0v) is 12.6. The van der Waals surface area contributed by atoms with Crippen LogP contribution in [0.15, 0.2) is 0 Å². The Morgan fingerprint density at radius 2 is 2.15 bits per heavy atom. The lowest BCUT2D eigenvalue weighted by molar-refractivity contribution is -0.139. The molecule has 1 fully saturated rings. The van der Waals surface area contributed by atoms with Crippen molar-refractivity contribution >= 4 is 12.0 Å². The lowest BCUT2D eigenvalue weighted by atomic mass is 9.99. The molecule has 2 unspecified atom stereocenters. The van der Waals surface area contributed by atoms with Crippen molar-refractivity contribution in [1.29, 1.82) is 0 Å². The number of rotatable bonds is 6. The number of amides is 2. The van der Waals surface area contributed by atoms with Gasteiger partial charge in [0.05, 0.1) is 6.61 Å². The molecule has 1 aliphatic rings. The van der Waals surface area contributed by atoms with Gasteiger partial charge in [0.25, 0.3) is 0 Å². The molecule has 2 atom stereocenters. The Balaban J connectivity index is 2.53. The lowest BCUT2D eigenvalue weighted by Crippen LogP contribution is -2.51. The minimum Gasteiger partial charge on any atom is -0.480 e. The van der Waals surface area contributed by atoms with Crippen molar-refractivity contribution in [2.24, 2.45) is 11.8 Å². The fourth-order valence-corrected chi connectivity index (χ4v) is 2.55. The summed E-state index contributed by atoms with van der Waals surface area (Å²) >= 11 is 0. The van der Waals surface area contributed by atoms with Crippen LogP contribution in [0.25, 0.3) is 0 Å². The molecule has 2 amide bonds. The van der Waals surface area contributed by atoms with E-state index in [2.05, 4.69) is 5.32 Å². The van der Waals surface area contributed by atoms with Gasteiger partial charge in [0.2, 0.25) is 0 Å². The summed E-state index contributed by atoms with van der Waals surface area (Å²) in [5.41, 5.74) is 0. The fourth-order valence-electron chi connectivity index (χ4n) is 2.55. The summed E-state index contributed by atoms with van der Waals surface area (Å²) in [6.07, 6.45) is 2.42. The summed E-state index contributed by atoms with van der Waals surface area (Å²) < 4.78 is 5.13. The van der Waals surface area contributed by atoms with Crippen molar-refractivity contribution in [2.75, 3.05) is 26.8 Å². The highest BCUT2D eigenvalue weighted by Crippen LogP contribution is 2.17. The van der Waals surface area contributed by atoms with Gasteiger partial charge in [-0.3, -0.25) is 0 Å². The summed E-state index contributed by atoms with van der Waals surface area (Å²) in [7, 11) is 1.65. The molecule has 20 heavy (non-hydrogen) atoms. The van der Waals surface area contributed by atoms with Gasteiger partial charge in [0.1, 0.15) is 6.04 Å². The number of carbonyl (C=O) groups is 2. The van der Waals surface area contributed by atoms with E-state index in [1.165, 1.54) is 0 Å². The number of carbonyl (C=O) groups excluding carboxylic acids is 1. The van der Waals surface area contributed by atoms with E-state index in [0.717, 1.165) is 12.8 Å². The molecule has 0 aromatic heterocycles. The number of ether oxygens (including phenoxy) is 1. The highest BCUT2D eigenvalue weighted by molar-refractivity contribution is 5.82. The number of carboxylic acids is 1. The maximum atomic E-state index is 12.2. The molecule has 0 aromatic carbocycles. The average molecular weight is 286 g/mol. The number of carboxylic acid groups (broad SMARTS) is 1. The molecule has 2 N–H and O–H groups in total. The van der Waals surface area contributed by atoms with Crippen molar-refractivity contribution < 1.29 is 19.4 Å². The second kappa shape index (κ2) is 8.09. The molecule has 1 rings (SSSR count). The largest absolute Gasteiger partial charge is 0.480 e. The Kier molecular flexibility index (Phi) is 6.78. The van der Waals surface area contributed by atoms with E-state index in [4.69, 9.17) is 9.84 Å². The number of urea groups is 1. The van der Waals surface area contributed by atoms with E-state index in [0.29, 0.717) is 32.0 Å². The number of hydrogen-bond acceptors (Lipinski definition) is 3. The minimum absolute atomic E-state index is 0.221. The third-order valence-corrected chi connectivity index (χ3v) is 3.51. The Bertz CT molecular complexity index is 331. The number of nitrogens with zero attached hydrogens (tertiary/aromatic N) is 1. The fraction of sp³-hybridized carbons (Fsp3) is 0.857. The zero-order chi connectivity index (χ0) is 15.1. The molecule has 6 heteroatoms. The zero-order valence-electron chi connectivity index (χ0n) is 12.6. The number of piperidine rings is 1. The smallest absolute Gasteiger partial charge is 0.326 e. The van der Waals surface area contributed by atoms with E-state index in [1.54, 1.807) is 12.0 Å². The second-order valence-corrected chi connectivity index (χ2v) is 5.88. The molecular formula is C14H26N2O4. The van der Waals surface area contributed by atoms with E-state index >= 15 is 0 Å². The van der Waals surface area contributed by atoms with Crippen molar-refractivity contribution in [3.8, 4) is 0 Å². The number of likely N-dealkylation sites (tertiary alicyclic amines) is 1. The van der Waals surface area contributed by atoms with Gasteiger partial charge < -0.3 is 20.1 Å². The monoisotopic (exact) mass is 286 g/mol. The first-order valence-electron chi connectivity index (χ1n) is 7.21. The molecular weight excluding hydrogens is 260 g/mol. The number of aliphatic carboxylic acids is 1. The molecule has 1 aliphatic heterocycles. The van der Waals surface area contributed by atoms with Gasteiger partial charge in [0, 0.05) is 26.1 Å². The predicted molar refractivity (Wildman–Crippen MR) is 75.6 cm³/mol. The topological polar surface area (TPSA) is 78.9 Å². The SMILES string of the molecule is COCC1CCCN(C(=O)NC(CC(C)C)C(=O)O)C1. The molecule has 0 spiro atoms. The van der Waals surface area contributed by atoms with Gasteiger partial charge in [0.15, 0.2) is 0 Å². The Morgan fingerprint density at radius 1 is 1.45 bits per heavy atom. The van der Waals surface area contributed by atoms with Gasteiger partial charge >= 0.3 is 12.0 Å². The number of nitrogens with one attached hydrogen (secondary N) is 1. The van der Waals surface area contributed by atoms with Gasteiger partial charge in [-0.2, -0.15) is 0 Å². The van der Waals surface area contributed by atoms with Crippen LogP contribution in [0.5, 0.6) is 0 Å². The molecule has 1 heterocycles. The van der Waals surface area contributed by atoms with Crippen molar-refractivity contribution in [3.63, 3.8) is 0 Å². The summed E-state index contributed by atoms with van der Waals surface area (Å²) in [4.78, 5) is 25.0. The van der Waals surface area contributed by atoms with Crippen molar-refractivity contribution in [1.82, 2.24) is 10.2 Å². The van der Waals surface area contributed by atoms with Crippen LogP contribution >= 0.6 is 0 Å². The number of methoxy groups -OCH3 is 1. The molecule has 6 nitrogen and oxygen atoms in total.